The van der Waals surface area contributed by atoms with Crippen molar-refractivity contribution < 1.29 is 33.3 Å². The molecule has 4 aromatic rings. The molecule has 5 atom stereocenters. The summed E-state index contributed by atoms with van der Waals surface area (Å²) in [5.41, 5.74) is 2.92. The van der Waals surface area contributed by atoms with Crippen molar-refractivity contribution in [2.45, 2.75) is 56.9 Å². The third kappa shape index (κ3) is 5.72. The number of carbonyl (C=O) groups is 2. The van der Waals surface area contributed by atoms with Gasteiger partial charge >= 0.3 is 12.2 Å². The summed E-state index contributed by atoms with van der Waals surface area (Å²) in [4.78, 5) is 27.3. The number of ether oxygens (including phenoxy) is 5. The zero-order valence-electron chi connectivity index (χ0n) is 25.6. The van der Waals surface area contributed by atoms with Crippen LogP contribution in [0.1, 0.15) is 36.1 Å². The molecule has 4 aromatic carbocycles. The SMILES string of the molecule is C[C@@]1(c2cccc(NC(=O)OCc3ccccc3)c2)O[C@@H]2N3[C@H](CO[C@H]31)O[C@]2(C)c1cccc(NC(=O)OCc2ccccc2)c1. The number of anilines is 2. The first-order valence-corrected chi connectivity index (χ1v) is 15.2. The van der Waals surface area contributed by atoms with E-state index in [0.717, 1.165) is 22.3 Å². The van der Waals surface area contributed by atoms with Gasteiger partial charge in [0.15, 0.2) is 0 Å². The summed E-state index contributed by atoms with van der Waals surface area (Å²) in [6, 6.07) is 34.1. The molecule has 46 heavy (non-hydrogen) atoms. The lowest BCUT2D eigenvalue weighted by atomic mass is 9.93. The first-order chi connectivity index (χ1) is 22.3. The minimum atomic E-state index is -0.868. The minimum Gasteiger partial charge on any atom is -0.444 e. The fourth-order valence-electron chi connectivity index (χ4n) is 6.38. The molecular formula is C36H35N3O7. The van der Waals surface area contributed by atoms with Gasteiger partial charge in [0.25, 0.3) is 0 Å². The van der Waals surface area contributed by atoms with Gasteiger partial charge in [-0.1, -0.05) is 84.9 Å². The van der Waals surface area contributed by atoms with Gasteiger partial charge in [0.1, 0.15) is 43.1 Å². The Morgan fingerprint density at radius 1 is 0.696 bits per heavy atom. The second-order valence-electron chi connectivity index (χ2n) is 11.9. The molecule has 0 saturated carbocycles. The van der Waals surface area contributed by atoms with Gasteiger partial charge in [-0.05, 0) is 60.4 Å². The van der Waals surface area contributed by atoms with Crippen molar-refractivity contribution in [2.24, 2.45) is 0 Å². The summed E-state index contributed by atoms with van der Waals surface area (Å²) in [5.74, 6) is 0. The smallest absolute Gasteiger partial charge is 0.411 e. The van der Waals surface area contributed by atoms with E-state index in [2.05, 4.69) is 15.5 Å². The van der Waals surface area contributed by atoms with Crippen molar-refractivity contribution in [1.82, 2.24) is 4.90 Å². The molecule has 3 aliphatic heterocycles. The van der Waals surface area contributed by atoms with Crippen LogP contribution in [-0.4, -0.2) is 42.4 Å². The minimum absolute atomic E-state index is 0.172. The third-order valence-electron chi connectivity index (χ3n) is 8.74. The Morgan fingerprint density at radius 2 is 1.20 bits per heavy atom. The fourth-order valence-corrected chi connectivity index (χ4v) is 6.38. The molecule has 3 heterocycles. The van der Waals surface area contributed by atoms with Crippen LogP contribution < -0.4 is 10.6 Å². The second kappa shape index (κ2) is 12.2. The predicted octanol–water partition coefficient (Wildman–Crippen LogP) is 6.69. The molecule has 236 valence electrons. The first-order valence-electron chi connectivity index (χ1n) is 15.2. The molecule has 10 nitrogen and oxygen atoms in total. The molecule has 0 bridgehead atoms. The molecule has 3 aliphatic rings. The van der Waals surface area contributed by atoms with Gasteiger partial charge in [0.2, 0.25) is 0 Å². The molecule has 10 heteroatoms. The van der Waals surface area contributed by atoms with E-state index in [9.17, 15) is 9.59 Å². The first kappa shape index (κ1) is 29.9. The molecule has 7 rings (SSSR count). The molecular weight excluding hydrogens is 586 g/mol. The van der Waals surface area contributed by atoms with Crippen molar-refractivity contribution in [3.8, 4) is 0 Å². The Labute approximate surface area is 267 Å². The zero-order chi connectivity index (χ0) is 31.7. The highest BCUT2D eigenvalue weighted by Gasteiger charge is 2.68. The monoisotopic (exact) mass is 621 g/mol. The fraction of sp³-hybridized carbons (Fsp3) is 0.278. The largest absolute Gasteiger partial charge is 0.444 e. The van der Waals surface area contributed by atoms with Crippen LogP contribution in [0.2, 0.25) is 0 Å². The quantitative estimate of drug-likeness (QED) is 0.224. The van der Waals surface area contributed by atoms with E-state index in [1.54, 1.807) is 0 Å². The van der Waals surface area contributed by atoms with Gasteiger partial charge in [-0.25, -0.2) is 14.5 Å². The zero-order valence-corrected chi connectivity index (χ0v) is 25.6. The van der Waals surface area contributed by atoms with E-state index < -0.39 is 35.8 Å². The summed E-state index contributed by atoms with van der Waals surface area (Å²) in [5, 5.41) is 5.66. The van der Waals surface area contributed by atoms with Crippen LogP contribution in [0.25, 0.3) is 0 Å². The molecule has 3 saturated heterocycles. The van der Waals surface area contributed by atoms with Crippen molar-refractivity contribution in [3.63, 3.8) is 0 Å². The molecule has 2 amide bonds. The van der Waals surface area contributed by atoms with Crippen LogP contribution in [-0.2, 0) is 48.1 Å². The maximum atomic E-state index is 12.6. The highest BCUT2D eigenvalue weighted by molar-refractivity contribution is 5.85. The summed E-state index contributed by atoms with van der Waals surface area (Å²) < 4.78 is 30.5. The molecule has 3 fully saturated rings. The van der Waals surface area contributed by atoms with Gasteiger partial charge in [0, 0.05) is 11.4 Å². The van der Waals surface area contributed by atoms with Crippen LogP contribution >= 0.6 is 0 Å². The standard InChI is InChI=1S/C36H35N3O7/c1-35(26-15-9-17-28(19-26)37-33(40)43-21-24-11-5-3-6-12-24)31-39-30(23-42-31)45-36(2,32(39)46-35)27-16-10-18-29(20-27)38-34(41)44-22-25-13-7-4-8-14-25/h3-20,30-32H,21-23H2,1-2H3,(H,37,40)(H,38,41)/t30-,31-,32-,35-,36+/m0/s1. The molecule has 0 aromatic heterocycles. The Kier molecular flexibility index (Phi) is 7.95. The number of hydrogen-bond acceptors (Lipinski definition) is 8. The number of rotatable bonds is 8. The maximum absolute atomic E-state index is 12.6. The van der Waals surface area contributed by atoms with E-state index in [1.165, 1.54) is 0 Å². The normalized spacial score (nSPS) is 26.3. The second-order valence-corrected chi connectivity index (χ2v) is 11.9. The Bertz CT molecular complexity index is 1620. The topological polar surface area (TPSA) is 108 Å². The van der Waals surface area contributed by atoms with Crippen molar-refractivity contribution in [2.75, 3.05) is 17.2 Å². The summed E-state index contributed by atoms with van der Waals surface area (Å²) in [7, 11) is 0. The predicted molar refractivity (Wildman–Crippen MR) is 169 cm³/mol. The summed E-state index contributed by atoms with van der Waals surface area (Å²) in [6.45, 7) is 4.71. The van der Waals surface area contributed by atoms with Crippen LogP contribution in [0, 0.1) is 0 Å². The average molecular weight is 622 g/mol. The molecule has 0 radical (unpaired) electrons. The van der Waals surface area contributed by atoms with Gasteiger partial charge in [-0.2, -0.15) is 0 Å². The highest BCUT2D eigenvalue weighted by Crippen LogP contribution is 2.56. The number of nitrogens with one attached hydrogen (secondary N) is 2. The van der Waals surface area contributed by atoms with Crippen LogP contribution in [0.3, 0.4) is 0 Å². The van der Waals surface area contributed by atoms with E-state index in [0.29, 0.717) is 18.0 Å². The van der Waals surface area contributed by atoms with Crippen molar-refractivity contribution >= 4 is 23.6 Å². The van der Waals surface area contributed by atoms with Crippen LogP contribution in [0.4, 0.5) is 21.0 Å². The van der Waals surface area contributed by atoms with Crippen molar-refractivity contribution in [1.29, 1.82) is 0 Å². The van der Waals surface area contributed by atoms with E-state index in [-0.39, 0.29) is 19.4 Å². The van der Waals surface area contributed by atoms with Crippen molar-refractivity contribution in [3.05, 3.63) is 131 Å². The third-order valence-corrected chi connectivity index (χ3v) is 8.74. The highest BCUT2D eigenvalue weighted by atomic mass is 16.7. The number of hydrogen-bond donors (Lipinski definition) is 2. The number of benzene rings is 4. The number of amides is 2. The van der Waals surface area contributed by atoms with Gasteiger partial charge < -0.3 is 23.7 Å². The lowest BCUT2D eigenvalue weighted by Crippen LogP contribution is -2.40. The van der Waals surface area contributed by atoms with Crippen LogP contribution in [0.5, 0.6) is 0 Å². The van der Waals surface area contributed by atoms with Gasteiger partial charge in [-0.15, -0.1) is 0 Å². The average Bonchev–Trinajstić information content (AvgIpc) is 3.72. The summed E-state index contributed by atoms with van der Waals surface area (Å²) >= 11 is 0. The van der Waals surface area contributed by atoms with E-state index in [1.807, 2.05) is 123 Å². The Balaban J connectivity index is 1.05. The number of nitrogens with zero attached hydrogens (tertiary/aromatic N) is 1. The van der Waals surface area contributed by atoms with Crippen LogP contribution in [0.15, 0.2) is 109 Å². The molecule has 0 unspecified atom stereocenters. The Hall–Kier alpha value is -4.74. The molecule has 2 N–H and O–H groups in total. The molecule has 0 aliphatic carbocycles. The van der Waals surface area contributed by atoms with E-state index >= 15 is 0 Å². The Morgan fingerprint density at radius 3 is 1.72 bits per heavy atom. The van der Waals surface area contributed by atoms with Gasteiger partial charge in [0.05, 0.1) is 6.61 Å². The van der Waals surface area contributed by atoms with Gasteiger partial charge in [-0.3, -0.25) is 10.6 Å². The maximum Gasteiger partial charge on any atom is 0.411 e. The lowest BCUT2D eigenvalue weighted by molar-refractivity contribution is -0.138. The van der Waals surface area contributed by atoms with E-state index in [4.69, 9.17) is 23.7 Å². The number of carbonyl (C=O) groups excluding carboxylic acids is 2. The summed E-state index contributed by atoms with van der Waals surface area (Å²) in [6.07, 6.45) is -2.31. The lowest BCUT2D eigenvalue weighted by Gasteiger charge is -2.33. The molecule has 0 spiro atoms.